The van der Waals surface area contributed by atoms with E-state index in [0.29, 0.717) is 18.7 Å². The van der Waals surface area contributed by atoms with E-state index in [4.69, 9.17) is 0 Å². The smallest absolute Gasteiger partial charge is 0.312 e. The topological polar surface area (TPSA) is 12.0 Å². The Kier molecular flexibility index (Phi) is 5.27. The molecule has 0 amide bonds. The van der Waals surface area contributed by atoms with Gasteiger partial charge in [-0.2, -0.15) is 24.9 Å². The van der Waals surface area contributed by atoms with Gasteiger partial charge in [0.2, 0.25) is 0 Å². The van der Waals surface area contributed by atoms with Gasteiger partial charge in [-0.15, -0.1) is 0 Å². The van der Waals surface area contributed by atoms with Crippen LogP contribution in [0, 0.1) is 5.82 Å². The van der Waals surface area contributed by atoms with Crippen LogP contribution in [-0.2, 0) is 12.7 Å². The number of thioether (sulfide) groups is 1. The molecule has 0 atom stereocenters. The molecule has 0 spiro atoms. The van der Waals surface area contributed by atoms with Crippen molar-refractivity contribution in [1.29, 1.82) is 0 Å². The first-order valence-corrected chi connectivity index (χ1v) is 6.40. The molecule has 0 bridgehead atoms. The highest BCUT2D eigenvalue weighted by molar-refractivity contribution is 7.98. The van der Waals surface area contributed by atoms with Crippen molar-refractivity contribution in [2.24, 2.45) is 0 Å². The summed E-state index contributed by atoms with van der Waals surface area (Å²) in [6.45, 7) is 1.02. The fraction of sp³-hybridized carbons (Fsp3) is 0.455. The number of benzene rings is 1. The molecular formula is C11H13F4NS. The van der Waals surface area contributed by atoms with Crippen LogP contribution in [0.1, 0.15) is 11.1 Å². The predicted octanol–water partition coefficient (Wildman–Crippen LogP) is 3.30. The molecule has 0 aliphatic heterocycles. The van der Waals surface area contributed by atoms with Gasteiger partial charge in [-0.05, 0) is 24.0 Å². The molecule has 0 fully saturated rings. The highest BCUT2D eigenvalue weighted by Gasteiger charge is 2.34. The van der Waals surface area contributed by atoms with Gasteiger partial charge in [-0.3, -0.25) is 0 Å². The monoisotopic (exact) mass is 267 g/mol. The summed E-state index contributed by atoms with van der Waals surface area (Å²) in [5, 5.41) is 2.99. The lowest BCUT2D eigenvalue weighted by atomic mass is 10.1. The van der Waals surface area contributed by atoms with E-state index in [2.05, 4.69) is 5.32 Å². The number of alkyl halides is 3. The molecule has 1 aromatic rings. The van der Waals surface area contributed by atoms with Crippen LogP contribution in [0.4, 0.5) is 17.6 Å². The minimum atomic E-state index is -4.64. The molecule has 6 heteroatoms. The summed E-state index contributed by atoms with van der Waals surface area (Å²) in [7, 11) is 0. The van der Waals surface area contributed by atoms with Gasteiger partial charge >= 0.3 is 6.18 Å². The summed E-state index contributed by atoms with van der Waals surface area (Å²) in [5.74, 6) is -0.349. The Morgan fingerprint density at radius 3 is 2.59 bits per heavy atom. The molecule has 1 rings (SSSR count). The Balaban J connectivity index is 2.69. The van der Waals surface area contributed by atoms with Crippen LogP contribution >= 0.6 is 11.8 Å². The van der Waals surface area contributed by atoms with Crippen molar-refractivity contribution in [3.05, 3.63) is 35.1 Å². The Hall–Kier alpha value is -0.750. The summed E-state index contributed by atoms with van der Waals surface area (Å²) < 4.78 is 50.2. The van der Waals surface area contributed by atoms with Gasteiger partial charge in [-0.1, -0.05) is 6.07 Å². The van der Waals surface area contributed by atoms with Crippen molar-refractivity contribution >= 4 is 11.8 Å². The third-order valence-electron chi connectivity index (χ3n) is 2.15. The molecule has 0 aliphatic carbocycles. The zero-order valence-corrected chi connectivity index (χ0v) is 10.1. The van der Waals surface area contributed by atoms with E-state index >= 15 is 0 Å². The SMILES string of the molecule is CSCCNCc1ccc(F)c(C(F)(F)F)c1. The van der Waals surface area contributed by atoms with Crippen molar-refractivity contribution in [3.8, 4) is 0 Å². The molecule has 0 saturated carbocycles. The lowest BCUT2D eigenvalue weighted by molar-refractivity contribution is -0.140. The van der Waals surface area contributed by atoms with Crippen molar-refractivity contribution in [2.75, 3.05) is 18.6 Å². The van der Waals surface area contributed by atoms with Gasteiger partial charge in [0.15, 0.2) is 0 Å². The number of rotatable bonds is 5. The van der Waals surface area contributed by atoms with Crippen LogP contribution in [-0.4, -0.2) is 18.6 Å². The number of hydrogen-bond donors (Lipinski definition) is 1. The van der Waals surface area contributed by atoms with E-state index in [-0.39, 0.29) is 0 Å². The van der Waals surface area contributed by atoms with E-state index < -0.39 is 17.6 Å². The van der Waals surface area contributed by atoms with Crippen molar-refractivity contribution in [1.82, 2.24) is 5.32 Å². The van der Waals surface area contributed by atoms with Gasteiger partial charge in [0, 0.05) is 18.8 Å². The van der Waals surface area contributed by atoms with Crippen molar-refractivity contribution < 1.29 is 17.6 Å². The fourth-order valence-electron chi connectivity index (χ4n) is 1.31. The predicted molar refractivity (Wildman–Crippen MR) is 61.5 cm³/mol. The standard InChI is InChI=1S/C11H13F4NS/c1-17-5-4-16-7-8-2-3-10(12)9(6-8)11(13,14)15/h2-3,6,16H,4-5,7H2,1H3. The maximum atomic E-state index is 13.0. The summed E-state index contributed by atoms with van der Waals surface area (Å²) >= 11 is 1.64. The Labute approximate surface area is 102 Å². The lowest BCUT2D eigenvalue weighted by Gasteiger charge is -2.10. The molecule has 1 nitrogen and oxygen atoms in total. The maximum Gasteiger partial charge on any atom is 0.419 e. The van der Waals surface area contributed by atoms with Gasteiger partial charge < -0.3 is 5.32 Å². The molecule has 0 saturated heterocycles. The molecule has 0 radical (unpaired) electrons. The molecule has 17 heavy (non-hydrogen) atoms. The van der Waals surface area contributed by atoms with Gasteiger partial charge in [-0.25, -0.2) is 4.39 Å². The number of nitrogens with one attached hydrogen (secondary N) is 1. The van der Waals surface area contributed by atoms with E-state index in [9.17, 15) is 17.6 Å². The first kappa shape index (κ1) is 14.3. The zero-order valence-electron chi connectivity index (χ0n) is 9.27. The van der Waals surface area contributed by atoms with E-state index in [1.165, 1.54) is 6.07 Å². The average Bonchev–Trinajstić information content (AvgIpc) is 2.25. The summed E-state index contributed by atoms with van der Waals surface area (Å²) in [4.78, 5) is 0. The summed E-state index contributed by atoms with van der Waals surface area (Å²) in [6, 6.07) is 3.06. The van der Waals surface area contributed by atoms with Crippen molar-refractivity contribution in [3.63, 3.8) is 0 Å². The second-order valence-corrected chi connectivity index (χ2v) is 4.47. The fourth-order valence-corrected chi connectivity index (χ4v) is 1.66. The zero-order chi connectivity index (χ0) is 12.9. The van der Waals surface area contributed by atoms with Crippen LogP contribution in [0.3, 0.4) is 0 Å². The van der Waals surface area contributed by atoms with Crippen LogP contribution in [0.5, 0.6) is 0 Å². The molecule has 96 valence electrons. The van der Waals surface area contributed by atoms with Crippen molar-refractivity contribution in [2.45, 2.75) is 12.7 Å². The second kappa shape index (κ2) is 6.26. The quantitative estimate of drug-likeness (QED) is 0.649. The Bertz CT molecular complexity index is 365. The van der Waals surface area contributed by atoms with E-state index in [1.54, 1.807) is 11.8 Å². The molecular weight excluding hydrogens is 254 g/mol. The van der Waals surface area contributed by atoms with E-state index in [1.807, 2.05) is 6.26 Å². The molecule has 0 aromatic heterocycles. The van der Waals surface area contributed by atoms with Crippen LogP contribution in [0.15, 0.2) is 18.2 Å². The van der Waals surface area contributed by atoms with Crippen LogP contribution < -0.4 is 5.32 Å². The highest BCUT2D eigenvalue weighted by Crippen LogP contribution is 2.31. The normalized spacial score (nSPS) is 11.8. The third-order valence-corrected chi connectivity index (χ3v) is 2.76. The highest BCUT2D eigenvalue weighted by atomic mass is 32.2. The van der Waals surface area contributed by atoms with Crippen LogP contribution in [0.2, 0.25) is 0 Å². The van der Waals surface area contributed by atoms with Gasteiger partial charge in [0.05, 0.1) is 5.56 Å². The number of halogens is 4. The largest absolute Gasteiger partial charge is 0.419 e. The van der Waals surface area contributed by atoms with Gasteiger partial charge in [0.25, 0.3) is 0 Å². The number of hydrogen-bond acceptors (Lipinski definition) is 2. The molecule has 0 unspecified atom stereocenters. The second-order valence-electron chi connectivity index (χ2n) is 3.48. The molecule has 1 aromatic carbocycles. The minimum absolute atomic E-state index is 0.309. The third kappa shape index (κ3) is 4.55. The van der Waals surface area contributed by atoms with Crippen LogP contribution in [0.25, 0.3) is 0 Å². The molecule has 0 aliphatic rings. The average molecular weight is 267 g/mol. The summed E-state index contributed by atoms with van der Waals surface area (Å²) in [6.07, 6.45) is -2.69. The Morgan fingerprint density at radius 2 is 2.00 bits per heavy atom. The van der Waals surface area contributed by atoms with Gasteiger partial charge in [0.1, 0.15) is 5.82 Å². The first-order chi connectivity index (χ1) is 7.95. The van der Waals surface area contributed by atoms with E-state index in [0.717, 1.165) is 17.9 Å². The maximum absolute atomic E-state index is 13.0. The molecule has 1 N–H and O–H groups in total. The lowest BCUT2D eigenvalue weighted by Crippen LogP contribution is -2.17. The Morgan fingerprint density at radius 1 is 1.29 bits per heavy atom. The first-order valence-electron chi connectivity index (χ1n) is 5.00. The minimum Gasteiger partial charge on any atom is -0.312 e. The molecule has 0 heterocycles. The summed E-state index contributed by atoms with van der Waals surface area (Å²) in [5.41, 5.74) is -0.776.